The number of fused-ring (bicyclic) bond motifs is 1. The molecule has 1 aromatic heterocycles. The van der Waals surface area contributed by atoms with Gasteiger partial charge in [-0.3, -0.25) is 4.79 Å². The van der Waals surface area contributed by atoms with E-state index in [9.17, 15) is 9.59 Å². The van der Waals surface area contributed by atoms with Crippen LogP contribution in [0.15, 0.2) is 47.5 Å². The van der Waals surface area contributed by atoms with Gasteiger partial charge in [-0.05, 0) is 42.2 Å². The van der Waals surface area contributed by atoms with E-state index < -0.39 is 5.97 Å². The Kier molecular flexibility index (Phi) is 7.76. The van der Waals surface area contributed by atoms with Crippen molar-refractivity contribution in [3.63, 3.8) is 0 Å². The first-order valence-electron chi connectivity index (χ1n) is 10.4. The Bertz CT molecular complexity index is 1130. The Morgan fingerprint density at radius 2 is 1.87 bits per heavy atom. The number of esters is 1. The number of carbonyl (C=O) groups is 2. The molecule has 31 heavy (non-hydrogen) atoms. The predicted octanol–water partition coefficient (Wildman–Crippen LogP) is 4.32. The first-order chi connectivity index (χ1) is 14.9. The summed E-state index contributed by atoms with van der Waals surface area (Å²) in [6.07, 6.45) is 0.242. The van der Waals surface area contributed by atoms with E-state index in [-0.39, 0.29) is 12.3 Å². The van der Waals surface area contributed by atoms with Crippen LogP contribution in [0.3, 0.4) is 0 Å². The van der Waals surface area contributed by atoms with Crippen molar-refractivity contribution in [2.45, 2.75) is 39.7 Å². The molecule has 0 radical (unpaired) electrons. The van der Waals surface area contributed by atoms with Crippen LogP contribution in [0.5, 0.6) is 0 Å². The smallest absolute Gasteiger partial charge is 0.337 e. The molecule has 164 valence electrons. The summed E-state index contributed by atoms with van der Waals surface area (Å²) in [6, 6.07) is 13.4. The van der Waals surface area contributed by atoms with Crippen molar-refractivity contribution in [1.82, 2.24) is 4.57 Å². The number of thiazole rings is 1. The van der Waals surface area contributed by atoms with E-state index in [4.69, 9.17) is 9.47 Å². The van der Waals surface area contributed by atoms with Gasteiger partial charge in [0.2, 0.25) is 0 Å². The minimum absolute atomic E-state index is 0.206. The van der Waals surface area contributed by atoms with Gasteiger partial charge in [0, 0.05) is 13.2 Å². The van der Waals surface area contributed by atoms with Gasteiger partial charge < -0.3 is 14.0 Å². The van der Waals surface area contributed by atoms with Gasteiger partial charge in [-0.15, -0.1) is 0 Å². The number of amides is 1. The van der Waals surface area contributed by atoms with E-state index in [1.807, 2.05) is 29.7 Å². The van der Waals surface area contributed by atoms with Crippen molar-refractivity contribution in [3.8, 4) is 0 Å². The van der Waals surface area contributed by atoms with Gasteiger partial charge >= 0.3 is 5.97 Å². The maximum atomic E-state index is 12.7. The van der Waals surface area contributed by atoms with Crippen LogP contribution in [0.25, 0.3) is 10.2 Å². The molecule has 3 rings (SSSR count). The fourth-order valence-electron chi connectivity index (χ4n) is 3.26. The molecule has 0 N–H and O–H groups in total. The number of rotatable bonds is 8. The SMILES string of the molecule is CCOCCn1c(=NC(=O)Cc2ccc(C(C)C)cc2)sc2cc(C(=O)OC)ccc21. The number of aromatic nitrogens is 1. The van der Waals surface area contributed by atoms with Crippen molar-refractivity contribution in [2.24, 2.45) is 4.99 Å². The van der Waals surface area contributed by atoms with Crippen molar-refractivity contribution in [2.75, 3.05) is 20.3 Å². The lowest BCUT2D eigenvalue weighted by Crippen LogP contribution is -2.20. The summed E-state index contributed by atoms with van der Waals surface area (Å²) in [7, 11) is 1.36. The van der Waals surface area contributed by atoms with Crippen LogP contribution in [-0.4, -0.2) is 36.8 Å². The lowest BCUT2D eigenvalue weighted by atomic mass is 10.0. The van der Waals surface area contributed by atoms with Crippen LogP contribution in [-0.2, 0) is 27.2 Å². The maximum absolute atomic E-state index is 12.7. The second-order valence-electron chi connectivity index (χ2n) is 7.49. The summed E-state index contributed by atoms with van der Waals surface area (Å²) in [5.41, 5.74) is 3.56. The van der Waals surface area contributed by atoms with Gasteiger partial charge in [0.1, 0.15) is 0 Å². The molecule has 0 spiro atoms. The van der Waals surface area contributed by atoms with E-state index in [2.05, 4.69) is 31.0 Å². The minimum atomic E-state index is -0.393. The Morgan fingerprint density at radius 3 is 2.52 bits per heavy atom. The number of hydrogen-bond acceptors (Lipinski definition) is 5. The van der Waals surface area contributed by atoms with Crippen LogP contribution in [0.1, 0.15) is 48.2 Å². The molecular formula is C24H28N2O4S. The van der Waals surface area contributed by atoms with Gasteiger partial charge in [-0.2, -0.15) is 4.99 Å². The van der Waals surface area contributed by atoms with E-state index >= 15 is 0 Å². The highest BCUT2D eigenvalue weighted by atomic mass is 32.1. The first kappa shape index (κ1) is 22.9. The standard InChI is InChI=1S/C24H28N2O4S/c1-5-30-13-12-26-20-11-10-19(23(28)29-4)15-21(20)31-24(26)25-22(27)14-17-6-8-18(9-7-17)16(2)3/h6-11,15-16H,5,12-14H2,1-4H3. The first-order valence-corrected chi connectivity index (χ1v) is 11.2. The Balaban J connectivity index is 1.93. The molecule has 6 nitrogen and oxygen atoms in total. The zero-order valence-corrected chi connectivity index (χ0v) is 19.2. The molecule has 1 amide bonds. The normalized spacial score (nSPS) is 12.0. The van der Waals surface area contributed by atoms with Gasteiger partial charge in [0.25, 0.3) is 5.91 Å². The second kappa shape index (κ2) is 10.5. The zero-order valence-electron chi connectivity index (χ0n) is 18.4. The van der Waals surface area contributed by atoms with E-state index in [0.29, 0.717) is 36.0 Å². The summed E-state index contributed by atoms with van der Waals surface area (Å²) in [5, 5.41) is 0. The zero-order chi connectivity index (χ0) is 22.4. The third kappa shape index (κ3) is 5.68. The summed E-state index contributed by atoms with van der Waals surface area (Å²) in [6.45, 7) is 7.93. The molecule has 7 heteroatoms. The largest absolute Gasteiger partial charge is 0.465 e. The second-order valence-corrected chi connectivity index (χ2v) is 8.49. The molecule has 2 aromatic carbocycles. The highest BCUT2D eigenvalue weighted by Crippen LogP contribution is 2.20. The fraction of sp³-hybridized carbons (Fsp3) is 0.375. The summed E-state index contributed by atoms with van der Waals surface area (Å²) >= 11 is 1.38. The topological polar surface area (TPSA) is 69.9 Å². The third-order valence-electron chi connectivity index (χ3n) is 4.99. The fourth-order valence-corrected chi connectivity index (χ4v) is 4.37. The molecule has 0 unspecified atom stereocenters. The molecule has 3 aromatic rings. The number of carbonyl (C=O) groups excluding carboxylic acids is 2. The molecule has 1 heterocycles. The molecule has 0 saturated carbocycles. The molecular weight excluding hydrogens is 412 g/mol. The van der Waals surface area contributed by atoms with Crippen LogP contribution in [0.2, 0.25) is 0 Å². The molecule has 0 aliphatic rings. The lowest BCUT2D eigenvalue weighted by molar-refractivity contribution is -0.117. The molecule has 0 saturated heterocycles. The van der Waals surface area contributed by atoms with Gasteiger partial charge in [-0.25, -0.2) is 4.79 Å². The molecule has 0 fully saturated rings. The Labute approximate surface area is 186 Å². The van der Waals surface area contributed by atoms with Crippen LogP contribution in [0, 0.1) is 0 Å². The molecule has 0 aliphatic heterocycles. The minimum Gasteiger partial charge on any atom is -0.465 e. The van der Waals surface area contributed by atoms with Gasteiger partial charge in [0.15, 0.2) is 4.80 Å². The third-order valence-corrected chi connectivity index (χ3v) is 6.03. The average molecular weight is 441 g/mol. The average Bonchev–Trinajstić information content (AvgIpc) is 3.09. The van der Waals surface area contributed by atoms with Crippen LogP contribution >= 0.6 is 11.3 Å². The highest BCUT2D eigenvalue weighted by Gasteiger charge is 2.12. The van der Waals surface area contributed by atoms with Crippen molar-refractivity contribution in [1.29, 1.82) is 0 Å². The summed E-state index contributed by atoms with van der Waals surface area (Å²) in [5.74, 6) is -0.148. The number of methoxy groups -OCH3 is 1. The van der Waals surface area contributed by atoms with E-state index in [1.165, 1.54) is 24.0 Å². The summed E-state index contributed by atoms with van der Waals surface area (Å²) in [4.78, 5) is 29.6. The molecule has 0 aliphatic carbocycles. The van der Waals surface area contributed by atoms with Crippen LogP contribution < -0.4 is 4.80 Å². The quantitative estimate of drug-likeness (QED) is 0.386. The highest BCUT2D eigenvalue weighted by molar-refractivity contribution is 7.16. The van der Waals surface area contributed by atoms with Crippen molar-refractivity contribution >= 4 is 33.4 Å². The Hall–Kier alpha value is -2.77. The van der Waals surface area contributed by atoms with Crippen molar-refractivity contribution in [3.05, 3.63) is 64.0 Å². The van der Waals surface area contributed by atoms with Crippen LogP contribution in [0.4, 0.5) is 0 Å². The monoisotopic (exact) mass is 440 g/mol. The maximum Gasteiger partial charge on any atom is 0.337 e. The summed E-state index contributed by atoms with van der Waals surface area (Å²) < 4.78 is 13.2. The lowest BCUT2D eigenvalue weighted by Gasteiger charge is -2.06. The Morgan fingerprint density at radius 1 is 1.13 bits per heavy atom. The number of benzene rings is 2. The van der Waals surface area contributed by atoms with Gasteiger partial charge in [0.05, 0.1) is 35.9 Å². The van der Waals surface area contributed by atoms with E-state index in [1.54, 1.807) is 12.1 Å². The van der Waals surface area contributed by atoms with Gasteiger partial charge in [-0.1, -0.05) is 49.4 Å². The van der Waals surface area contributed by atoms with E-state index in [0.717, 1.165) is 15.8 Å². The number of nitrogens with zero attached hydrogens (tertiary/aromatic N) is 2. The predicted molar refractivity (Wildman–Crippen MR) is 122 cm³/mol. The molecule has 0 bridgehead atoms. The molecule has 0 atom stereocenters. The van der Waals surface area contributed by atoms with Crippen molar-refractivity contribution < 1.29 is 19.1 Å². The number of hydrogen-bond donors (Lipinski definition) is 0. The number of ether oxygens (including phenoxy) is 2.